The Hall–Kier alpha value is -2.06. The molecule has 0 fully saturated rings. The third-order valence-corrected chi connectivity index (χ3v) is 2.33. The van der Waals surface area contributed by atoms with Gasteiger partial charge in [-0.15, -0.1) is 0 Å². The molecular weight excluding hydrogens is 279 g/mol. The lowest BCUT2D eigenvalue weighted by atomic mass is 9.92. The molecule has 0 unspecified atom stereocenters. The van der Waals surface area contributed by atoms with Crippen molar-refractivity contribution in [2.45, 2.75) is 38.9 Å². The summed E-state index contributed by atoms with van der Waals surface area (Å²) in [6, 6.07) is 1.23. The third kappa shape index (κ3) is 3.97. The molecule has 0 aliphatic carbocycles. The maximum Gasteiger partial charge on any atom is 0.471 e. The molecule has 0 radical (unpaired) electrons. The van der Waals surface area contributed by atoms with E-state index in [1.807, 2.05) is 0 Å². The van der Waals surface area contributed by atoms with Crippen LogP contribution in [0.2, 0.25) is 0 Å². The van der Waals surface area contributed by atoms with Crippen LogP contribution in [-0.4, -0.2) is 32.9 Å². The molecule has 0 saturated carbocycles. The summed E-state index contributed by atoms with van der Waals surface area (Å²) < 4.78 is 37.4. The summed E-state index contributed by atoms with van der Waals surface area (Å²) in [4.78, 5) is 21.6. The van der Waals surface area contributed by atoms with E-state index in [1.54, 1.807) is 26.1 Å². The number of nitrogens with zero attached hydrogens (tertiary/aromatic N) is 2. The highest BCUT2D eigenvalue weighted by atomic mass is 19.4. The van der Waals surface area contributed by atoms with E-state index in [0.29, 0.717) is 5.69 Å². The minimum Gasteiger partial charge on any atom is -0.480 e. The van der Waals surface area contributed by atoms with Gasteiger partial charge in [0, 0.05) is 11.5 Å². The molecule has 112 valence electrons. The molecule has 0 aliphatic rings. The van der Waals surface area contributed by atoms with E-state index in [4.69, 9.17) is 5.11 Å². The Bertz CT molecular complexity index is 529. The van der Waals surface area contributed by atoms with Gasteiger partial charge < -0.3 is 10.4 Å². The van der Waals surface area contributed by atoms with Crippen LogP contribution in [0.4, 0.5) is 19.0 Å². The molecule has 1 heterocycles. The Morgan fingerprint density at radius 1 is 1.35 bits per heavy atom. The molecule has 0 bridgehead atoms. The fourth-order valence-electron chi connectivity index (χ4n) is 1.32. The van der Waals surface area contributed by atoms with Gasteiger partial charge >= 0.3 is 18.1 Å². The van der Waals surface area contributed by atoms with Gasteiger partial charge in [-0.3, -0.25) is 9.59 Å². The van der Waals surface area contributed by atoms with Gasteiger partial charge in [-0.25, -0.2) is 4.68 Å². The van der Waals surface area contributed by atoms with Crippen LogP contribution in [0.15, 0.2) is 6.07 Å². The number of amides is 1. The number of alkyl halides is 3. The molecule has 1 aromatic rings. The topological polar surface area (TPSA) is 84.2 Å². The van der Waals surface area contributed by atoms with Crippen LogP contribution in [0.25, 0.3) is 0 Å². The second kappa shape index (κ2) is 5.14. The van der Waals surface area contributed by atoms with Gasteiger partial charge in [-0.05, 0) is 0 Å². The van der Waals surface area contributed by atoms with Crippen LogP contribution in [0.5, 0.6) is 0 Å². The van der Waals surface area contributed by atoms with Crippen LogP contribution in [0.1, 0.15) is 26.5 Å². The number of carboxylic acids is 1. The smallest absolute Gasteiger partial charge is 0.471 e. The van der Waals surface area contributed by atoms with Gasteiger partial charge in [0.15, 0.2) is 0 Å². The molecule has 0 saturated heterocycles. The van der Waals surface area contributed by atoms with Gasteiger partial charge in [0.1, 0.15) is 12.4 Å². The minimum absolute atomic E-state index is 0.306. The molecule has 0 spiro atoms. The van der Waals surface area contributed by atoms with E-state index in [0.717, 1.165) is 4.68 Å². The van der Waals surface area contributed by atoms with Gasteiger partial charge in [0.25, 0.3) is 0 Å². The Morgan fingerprint density at radius 3 is 2.30 bits per heavy atom. The van der Waals surface area contributed by atoms with Crippen LogP contribution in [0, 0.1) is 0 Å². The average molecular weight is 293 g/mol. The summed E-state index contributed by atoms with van der Waals surface area (Å²) in [6.45, 7) is 4.63. The largest absolute Gasteiger partial charge is 0.480 e. The second-order valence-electron chi connectivity index (χ2n) is 5.17. The number of anilines is 1. The molecule has 1 rings (SSSR count). The lowest BCUT2D eigenvalue weighted by Crippen LogP contribution is -2.31. The number of carbonyl (C=O) groups is 2. The third-order valence-electron chi connectivity index (χ3n) is 2.33. The molecule has 20 heavy (non-hydrogen) atoms. The SMILES string of the molecule is CC(C)(C)c1cc(NC(=O)C(F)(F)F)n(CC(=O)O)n1. The number of halogens is 3. The quantitative estimate of drug-likeness (QED) is 0.889. The molecule has 2 N–H and O–H groups in total. The van der Waals surface area contributed by atoms with Crippen molar-refractivity contribution in [3.8, 4) is 0 Å². The first-order chi connectivity index (χ1) is 8.91. The highest BCUT2D eigenvalue weighted by Gasteiger charge is 2.39. The number of aromatic nitrogens is 2. The molecule has 1 amide bonds. The maximum atomic E-state index is 12.2. The van der Waals surface area contributed by atoms with Crippen LogP contribution in [-0.2, 0) is 21.5 Å². The van der Waals surface area contributed by atoms with E-state index in [2.05, 4.69) is 5.10 Å². The standard InChI is InChI=1S/C11H14F3N3O3/c1-10(2,3)6-4-7(15-9(20)11(12,13)14)17(16-6)5-8(18)19/h4H,5H2,1-3H3,(H,15,20)(H,18,19). The zero-order valence-corrected chi connectivity index (χ0v) is 11.1. The van der Waals surface area contributed by atoms with Crippen molar-refractivity contribution < 1.29 is 27.9 Å². The van der Waals surface area contributed by atoms with E-state index in [9.17, 15) is 22.8 Å². The maximum absolute atomic E-state index is 12.2. The average Bonchev–Trinajstić information content (AvgIpc) is 2.58. The van der Waals surface area contributed by atoms with Crippen LogP contribution >= 0.6 is 0 Å². The number of nitrogens with one attached hydrogen (secondary N) is 1. The Balaban J connectivity index is 3.13. The molecule has 0 aromatic carbocycles. The summed E-state index contributed by atoms with van der Waals surface area (Å²) in [5.74, 6) is -3.76. The highest BCUT2D eigenvalue weighted by molar-refractivity contribution is 5.94. The van der Waals surface area contributed by atoms with Crippen molar-refractivity contribution in [3.63, 3.8) is 0 Å². The summed E-state index contributed by atoms with van der Waals surface area (Å²) in [7, 11) is 0. The summed E-state index contributed by atoms with van der Waals surface area (Å²) >= 11 is 0. The Kier molecular flexibility index (Phi) is 4.11. The number of hydrogen-bond donors (Lipinski definition) is 2. The molecule has 0 aliphatic heterocycles. The van der Waals surface area contributed by atoms with E-state index < -0.39 is 30.0 Å². The monoisotopic (exact) mass is 293 g/mol. The van der Waals surface area contributed by atoms with Crippen molar-refractivity contribution >= 4 is 17.7 Å². The molecule has 1 aromatic heterocycles. The van der Waals surface area contributed by atoms with Gasteiger partial charge in [-0.2, -0.15) is 18.3 Å². The summed E-state index contributed by atoms with van der Waals surface area (Å²) in [5.41, 5.74) is -0.127. The predicted molar refractivity (Wildman–Crippen MR) is 63.2 cm³/mol. The Labute approximate surface area is 112 Å². The number of carbonyl (C=O) groups excluding carboxylic acids is 1. The van der Waals surface area contributed by atoms with Gasteiger partial charge in [0.2, 0.25) is 0 Å². The zero-order valence-electron chi connectivity index (χ0n) is 11.1. The van der Waals surface area contributed by atoms with Gasteiger partial charge in [-0.1, -0.05) is 20.8 Å². The van der Waals surface area contributed by atoms with Crippen LogP contribution in [0.3, 0.4) is 0 Å². The van der Waals surface area contributed by atoms with Crippen molar-refractivity contribution in [1.82, 2.24) is 9.78 Å². The summed E-state index contributed by atoms with van der Waals surface area (Å²) in [6.07, 6.45) is -5.06. The number of rotatable bonds is 3. The number of carboxylic acid groups (broad SMARTS) is 1. The van der Waals surface area contributed by atoms with Crippen molar-refractivity contribution in [1.29, 1.82) is 0 Å². The van der Waals surface area contributed by atoms with E-state index in [1.165, 1.54) is 6.07 Å². The van der Waals surface area contributed by atoms with Gasteiger partial charge in [0.05, 0.1) is 5.69 Å². The minimum atomic E-state index is -5.06. The van der Waals surface area contributed by atoms with Crippen LogP contribution < -0.4 is 5.32 Å². The number of hydrogen-bond acceptors (Lipinski definition) is 3. The van der Waals surface area contributed by atoms with Crippen molar-refractivity contribution in [2.75, 3.05) is 5.32 Å². The normalized spacial score (nSPS) is 12.3. The predicted octanol–water partition coefficient (Wildman–Crippen LogP) is 1.77. The fraction of sp³-hybridized carbons (Fsp3) is 0.545. The van der Waals surface area contributed by atoms with Crippen molar-refractivity contribution in [3.05, 3.63) is 11.8 Å². The molecule has 9 heteroatoms. The second-order valence-corrected chi connectivity index (χ2v) is 5.17. The first kappa shape index (κ1) is 16.0. The van der Waals surface area contributed by atoms with E-state index in [-0.39, 0.29) is 5.82 Å². The molecular formula is C11H14F3N3O3. The van der Waals surface area contributed by atoms with E-state index >= 15 is 0 Å². The molecule has 6 nitrogen and oxygen atoms in total. The lowest BCUT2D eigenvalue weighted by Gasteiger charge is -2.13. The summed E-state index contributed by atoms with van der Waals surface area (Å²) in [5, 5.41) is 14.2. The first-order valence-electron chi connectivity index (χ1n) is 5.59. The zero-order chi connectivity index (χ0) is 15.7. The molecule has 0 atom stereocenters. The first-order valence-corrected chi connectivity index (χ1v) is 5.59. The van der Waals surface area contributed by atoms with Crippen molar-refractivity contribution in [2.24, 2.45) is 0 Å². The number of aliphatic carboxylic acids is 1. The Morgan fingerprint density at radius 2 is 1.90 bits per heavy atom. The fourth-order valence-corrected chi connectivity index (χ4v) is 1.32. The lowest BCUT2D eigenvalue weighted by molar-refractivity contribution is -0.167. The highest BCUT2D eigenvalue weighted by Crippen LogP contribution is 2.25.